The number of likely N-dealkylation sites (N-methyl/N-ethyl adjacent to an activating group) is 2. The van der Waals surface area contributed by atoms with Crippen molar-refractivity contribution < 1.29 is 19.5 Å². The van der Waals surface area contributed by atoms with Gasteiger partial charge in [0.2, 0.25) is 5.91 Å². The van der Waals surface area contributed by atoms with Gasteiger partial charge >= 0.3 is 12.0 Å². The molecule has 0 aromatic heterocycles. The summed E-state index contributed by atoms with van der Waals surface area (Å²) in [6, 6.07) is 0.0371. The van der Waals surface area contributed by atoms with Crippen LogP contribution in [0.4, 0.5) is 4.79 Å². The van der Waals surface area contributed by atoms with Gasteiger partial charge in [0, 0.05) is 19.6 Å². The molecular formula is C13H24N4O4. The van der Waals surface area contributed by atoms with Crippen molar-refractivity contribution >= 4 is 17.9 Å². The first-order valence-electron chi connectivity index (χ1n) is 7.15. The topological polar surface area (TPSA) is 102 Å². The monoisotopic (exact) mass is 300 g/mol. The number of amides is 3. The van der Waals surface area contributed by atoms with Crippen molar-refractivity contribution in [1.82, 2.24) is 20.4 Å². The first kappa shape index (κ1) is 17.2. The Morgan fingerprint density at radius 2 is 2.00 bits per heavy atom. The van der Waals surface area contributed by atoms with Crippen LogP contribution in [0, 0.1) is 0 Å². The number of aliphatic carboxylic acids is 1. The Labute approximate surface area is 124 Å². The summed E-state index contributed by atoms with van der Waals surface area (Å²) in [5, 5.41) is 13.1. The summed E-state index contributed by atoms with van der Waals surface area (Å²) in [6.07, 6.45) is 2.22. The van der Waals surface area contributed by atoms with Gasteiger partial charge in [0.05, 0.1) is 6.54 Å². The summed E-state index contributed by atoms with van der Waals surface area (Å²) >= 11 is 0. The van der Waals surface area contributed by atoms with Gasteiger partial charge in [-0.1, -0.05) is 6.92 Å². The van der Waals surface area contributed by atoms with Crippen molar-refractivity contribution in [3.05, 3.63) is 0 Å². The van der Waals surface area contributed by atoms with E-state index in [2.05, 4.69) is 22.5 Å². The molecule has 0 aromatic rings. The van der Waals surface area contributed by atoms with Gasteiger partial charge in [-0.25, -0.2) is 4.79 Å². The van der Waals surface area contributed by atoms with Gasteiger partial charge in [-0.15, -0.1) is 0 Å². The predicted molar refractivity (Wildman–Crippen MR) is 76.9 cm³/mol. The van der Waals surface area contributed by atoms with Gasteiger partial charge in [-0.3, -0.25) is 14.5 Å². The maximum atomic E-state index is 11.9. The van der Waals surface area contributed by atoms with Crippen molar-refractivity contribution in [2.75, 3.05) is 39.8 Å². The number of urea groups is 1. The number of carbonyl (C=O) groups is 3. The van der Waals surface area contributed by atoms with Crippen LogP contribution >= 0.6 is 0 Å². The number of nitrogens with zero attached hydrogens (tertiary/aromatic N) is 2. The maximum Gasteiger partial charge on any atom is 0.322 e. The summed E-state index contributed by atoms with van der Waals surface area (Å²) in [5.74, 6) is -1.64. The van der Waals surface area contributed by atoms with Crippen LogP contribution in [0.1, 0.15) is 19.8 Å². The van der Waals surface area contributed by atoms with E-state index in [-0.39, 0.29) is 12.6 Å². The molecule has 1 unspecified atom stereocenters. The standard InChI is InChI=1S/C13H24N4O4/c1-3-17-6-4-5-10(17)9-16(2)13(21)15-7-11(18)14-8-12(19)20/h10H,3-9H2,1-2H3,(H,14,18)(H,15,21)(H,19,20). The van der Waals surface area contributed by atoms with Gasteiger partial charge in [0.15, 0.2) is 0 Å². The lowest BCUT2D eigenvalue weighted by atomic mass is 10.2. The molecule has 120 valence electrons. The Balaban J connectivity index is 2.27. The molecule has 0 aliphatic carbocycles. The van der Waals surface area contributed by atoms with E-state index in [0.717, 1.165) is 25.9 Å². The Hall–Kier alpha value is -1.83. The fraction of sp³-hybridized carbons (Fsp3) is 0.769. The Kier molecular flexibility index (Phi) is 6.93. The lowest BCUT2D eigenvalue weighted by Crippen LogP contribution is -2.47. The zero-order valence-corrected chi connectivity index (χ0v) is 12.6. The molecule has 0 spiro atoms. The van der Waals surface area contributed by atoms with E-state index >= 15 is 0 Å². The molecule has 1 rings (SSSR count). The smallest absolute Gasteiger partial charge is 0.322 e. The highest BCUT2D eigenvalue weighted by molar-refractivity contribution is 5.86. The van der Waals surface area contributed by atoms with Crippen molar-refractivity contribution in [2.24, 2.45) is 0 Å². The number of nitrogens with one attached hydrogen (secondary N) is 2. The van der Waals surface area contributed by atoms with Gasteiger partial charge < -0.3 is 20.6 Å². The van der Waals surface area contributed by atoms with Crippen LogP contribution in [-0.2, 0) is 9.59 Å². The predicted octanol–water partition coefficient (Wildman–Crippen LogP) is -0.687. The fourth-order valence-electron chi connectivity index (χ4n) is 2.44. The van der Waals surface area contributed by atoms with E-state index in [4.69, 9.17) is 5.11 Å². The summed E-state index contributed by atoms with van der Waals surface area (Å²) in [6.45, 7) is 4.09. The van der Waals surface area contributed by atoms with Crippen LogP contribution in [0.5, 0.6) is 0 Å². The molecule has 3 amide bonds. The molecule has 1 aliphatic rings. The normalized spacial score (nSPS) is 18.3. The second-order valence-corrected chi connectivity index (χ2v) is 5.13. The van der Waals surface area contributed by atoms with E-state index in [1.807, 2.05) is 0 Å². The number of carboxylic acid groups (broad SMARTS) is 1. The van der Waals surface area contributed by atoms with Gasteiger partial charge in [-0.2, -0.15) is 0 Å². The molecule has 0 aromatic carbocycles. The number of carbonyl (C=O) groups excluding carboxylic acids is 2. The third-order valence-corrected chi connectivity index (χ3v) is 3.57. The number of likely N-dealkylation sites (tertiary alicyclic amines) is 1. The minimum absolute atomic E-state index is 0.224. The first-order chi connectivity index (χ1) is 9.93. The molecular weight excluding hydrogens is 276 g/mol. The fourth-order valence-corrected chi connectivity index (χ4v) is 2.44. The molecule has 1 atom stereocenters. The SMILES string of the molecule is CCN1CCCC1CN(C)C(=O)NCC(=O)NCC(=O)O. The third-order valence-electron chi connectivity index (χ3n) is 3.57. The number of rotatable bonds is 7. The van der Waals surface area contributed by atoms with Crippen molar-refractivity contribution in [3.8, 4) is 0 Å². The molecule has 1 fully saturated rings. The molecule has 0 saturated carbocycles. The quantitative estimate of drug-likeness (QED) is 0.578. The van der Waals surface area contributed by atoms with E-state index in [0.29, 0.717) is 12.6 Å². The molecule has 1 heterocycles. The second kappa shape index (κ2) is 8.46. The van der Waals surface area contributed by atoms with Crippen LogP contribution in [0.2, 0.25) is 0 Å². The number of hydrogen-bond donors (Lipinski definition) is 3. The zero-order valence-electron chi connectivity index (χ0n) is 12.6. The molecule has 1 saturated heterocycles. The molecule has 0 radical (unpaired) electrons. The molecule has 8 heteroatoms. The van der Waals surface area contributed by atoms with Crippen LogP contribution < -0.4 is 10.6 Å². The van der Waals surface area contributed by atoms with Crippen molar-refractivity contribution in [1.29, 1.82) is 0 Å². The Morgan fingerprint density at radius 3 is 2.62 bits per heavy atom. The number of hydrogen-bond acceptors (Lipinski definition) is 4. The number of carboxylic acids is 1. The van der Waals surface area contributed by atoms with Gasteiger partial charge in [-0.05, 0) is 25.9 Å². The van der Waals surface area contributed by atoms with E-state index in [1.165, 1.54) is 0 Å². The first-order valence-corrected chi connectivity index (χ1v) is 7.15. The Morgan fingerprint density at radius 1 is 1.29 bits per heavy atom. The molecule has 0 bridgehead atoms. The lowest BCUT2D eigenvalue weighted by molar-refractivity contribution is -0.137. The van der Waals surface area contributed by atoms with Crippen molar-refractivity contribution in [2.45, 2.75) is 25.8 Å². The van der Waals surface area contributed by atoms with E-state index < -0.39 is 18.4 Å². The minimum Gasteiger partial charge on any atom is -0.480 e. The third kappa shape index (κ3) is 5.99. The Bertz CT molecular complexity index is 388. The largest absolute Gasteiger partial charge is 0.480 e. The summed E-state index contributed by atoms with van der Waals surface area (Å²) in [7, 11) is 1.69. The molecule has 8 nitrogen and oxygen atoms in total. The highest BCUT2D eigenvalue weighted by atomic mass is 16.4. The van der Waals surface area contributed by atoms with Crippen molar-refractivity contribution in [3.63, 3.8) is 0 Å². The zero-order chi connectivity index (χ0) is 15.8. The second-order valence-electron chi connectivity index (χ2n) is 5.13. The summed E-state index contributed by atoms with van der Waals surface area (Å²) in [5.41, 5.74) is 0. The molecule has 3 N–H and O–H groups in total. The lowest BCUT2D eigenvalue weighted by Gasteiger charge is -2.27. The molecule has 1 aliphatic heterocycles. The average molecular weight is 300 g/mol. The maximum absolute atomic E-state index is 11.9. The van der Waals surface area contributed by atoms with Crippen LogP contribution in [0.3, 0.4) is 0 Å². The van der Waals surface area contributed by atoms with E-state index in [1.54, 1.807) is 11.9 Å². The minimum atomic E-state index is -1.12. The highest BCUT2D eigenvalue weighted by Crippen LogP contribution is 2.17. The van der Waals surface area contributed by atoms with E-state index in [9.17, 15) is 14.4 Å². The highest BCUT2D eigenvalue weighted by Gasteiger charge is 2.25. The average Bonchev–Trinajstić information content (AvgIpc) is 2.89. The van der Waals surface area contributed by atoms with Crippen LogP contribution in [0.25, 0.3) is 0 Å². The summed E-state index contributed by atoms with van der Waals surface area (Å²) < 4.78 is 0. The van der Waals surface area contributed by atoms with Gasteiger partial charge in [0.25, 0.3) is 0 Å². The van der Waals surface area contributed by atoms with Crippen LogP contribution in [0.15, 0.2) is 0 Å². The molecule has 21 heavy (non-hydrogen) atoms. The summed E-state index contributed by atoms with van der Waals surface area (Å²) in [4.78, 5) is 37.4. The van der Waals surface area contributed by atoms with Crippen LogP contribution in [-0.4, -0.2) is 78.6 Å². The van der Waals surface area contributed by atoms with Gasteiger partial charge in [0.1, 0.15) is 6.54 Å².